The fraction of sp³-hybridized carbons (Fsp3) is 0.333. The van der Waals surface area contributed by atoms with Gasteiger partial charge >= 0.3 is 0 Å². The number of furan rings is 1. The van der Waals surface area contributed by atoms with E-state index in [0.717, 1.165) is 37.7 Å². The summed E-state index contributed by atoms with van der Waals surface area (Å²) in [5.74, 6) is 0.415. The number of amides is 1. The molecule has 2 aromatic carbocycles. The van der Waals surface area contributed by atoms with Crippen molar-refractivity contribution in [3.8, 4) is 22.8 Å². The van der Waals surface area contributed by atoms with Crippen LogP contribution in [-0.2, 0) is 17.8 Å². The van der Waals surface area contributed by atoms with Gasteiger partial charge in [-0.3, -0.25) is 9.35 Å². The highest BCUT2D eigenvalue weighted by Gasteiger charge is 2.31. The molecule has 1 fully saturated rings. The number of halogens is 1. The van der Waals surface area contributed by atoms with E-state index < -0.39 is 17.1 Å². The molecular formula is C30H32FN3O5S. The molecule has 0 spiro atoms. The molecule has 0 radical (unpaired) electrons. The third-order valence-electron chi connectivity index (χ3n) is 7.01. The highest BCUT2D eigenvalue weighted by molar-refractivity contribution is 7.76. The molecule has 8 nitrogen and oxygen atoms in total. The van der Waals surface area contributed by atoms with Crippen molar-refractivity contribution in [1.29, 1.82) is 0 Å². The van der Waals surface area contributed by atoms with E-state index in [9.17, 15) is 17.9 Å². The van der Waals surface area contributed by atoms with Crippen LogP contribution < -0.4 is 10.1 Å². The molecule has 4 aromatic rings. The van der Waals surface area contributed by atoms with Gasteiger partial charge in [-0.2, -0.15) is 4.31 Å². The van der Waals surface area contributed by atoms with Crippen LogP contribution in [0, 0.1) is 5.82 Å². The molecule has 40 heavy (non-hydrogen) atoms. The molecule has 1 saturated carbocycles. The Bertz CT molecular complexity index is 1530. The summed E-state index contributed by atoms with van der Waals surface area (Å²) in [4.78, 5) is 17.9. The van der Waals surface area contributed by atoms with Crippen molar-refractivity contribution in [2.45, 2.75) is 51.5 Å². The van der Waals surface area contributed by atoms with Gasteiger partial charge in [0.05, 0.1) is 23.2 Å². The van der Waals surface area contributed by atoms with Gasteiger partial charge in [-0.15, -0.1) is 0 Å². The summed E-state index contributed by atoms with van der Waals surface area (Å²) >= 11 is -2.14. The van der Waals surface area contributed by atoms with E-state index in [-0.39, 0.29) is 23.9 Å². The number of fused-ring (bicyclic) bond motifs is 1. The topological polar surface area (TPSA) is 105 Å². The van der Waals surface area contributed by atoms with Gasteiger partial charge in [0, 0.05) is 19.2 Å². The minimum absolute atomic E-state index is 0.113. The number of nitrogens with one attached hydrogen (secondary N) is 1. The summed E-state index contributed by atoms with van der Waals surface area (Å²) in [6.07, 6.45) is 4.80. The van der Waals surface area contributed by atoms with Crippen LogP contribution >= 0.6 is 0 Å². The number of pyridine rings is 1. The van der Waals surface area contributed by atoms with Crippen molar-refractivity contribution < 1.29 is 27.1 Å². The van der Waals surface area contributed by atoms with E-state index in [0.29, 0.717) is 46.2 Å². The van der Waals surface area contributed by atoms with Gasteiger partial charge in [0.1, 0.15) is 11.5 Å². The van der Waals surface area contributed by atoms with Crippen molar-refractivity contribution in [3.05, 3.63) is 77.2 Å². The lowest BCUT2D eigenvalue weighted by molar-refractivity contribution is 0.0964. The number of rotatable bonds is 12. The average molecular weight is 566 g/mol. The summed E-state index contributed by atoms with van der Waals surface area (Å²) in [6.45, 7) is 2.78. The largest absolute Gasteiger partial charge is 0.454 e. The molecule has 1 aliphatic rings. The number of hydrogen-bond donors (Lipinski definition) is 2. The Morgan fingerprint density at radius 2 is 1.95 bits per heavy atom. The van der Waals surface area contributed by atoms with Gasteiger partial charge in [-0.05, 0) is 73.2 Å². The Labute approximate surface area is 235 Å². The third kappa shape index (κ3) is 6.09. The molecule has 0 saturated heterocycles. The first-order valence-electron chi connectivity index (χ1n) is 13.5. The molecule has 1 unspecified atom stereocenters. The Balaban J connectivity index is 1.52. The molecule has 0 aliphatic heterocycles. The Kier molecular flexibility index (Phi) is 8.58. The van der Waals surface area contributed by atoms with E-state index >= 15 is 0 Å². The molecule has 1 amide bonds. The van der Waals surface area contributed by atoms with Gasteiger partial charge in [-0.1, -0.05) is 31.9 Å². The quantitative estimate of drug-likeness (QED) is 0.145. The third-order valence-corrected chi connectivity index (χ3v) is 7.76. The van der Waals surface area contributed by atoms with Crippen molar-refractivity contribution >= 4 is 28.3 Å². The molecule has 5 rings (SSSR count). The van der Waals surface area contributed by atoms with Gasteiger partial charge in [-0.25, -0.2) is 13.6 Å². The maximum Gasteiger partial charge on any atom is 0.255 e. The zero-order valence-electron chi connectivity index (χ0n) is 22.5. The first-order valence-corrected chi connectivity index (χ1v) is 14.5. The lowest BCUT2D eigenvalue weighted by atomic mass is 10.0. The molecular weight excluding hydrogens is 533 g/mol. The van der Waals surface area contributed by atoms with Gasteiger partial charge in [0.15, 0.2) is 11.6 Å². The highest BCUT2D eigenvalue weighted by Crippen LogP contribution is 2.44. The van der Waals surface area contributed by atoms with Crippen molar-refractivity contribution in [2.75, 3.05) is 13.6 Å². The second-order valence-corrected chi connectivity index (χ2v) is 10.9. The lowest BCUT2D eigenvalue weighted by Gasteiger charge is -2.18. The number of carbonyl (C=O) groups is 1. The molecule has 0 bridgehead atoms. The number of benzene rings is 2. The fourth-order valence-electron chi connectivity index (χ4n) is 4.75. The molecule has 210 valence electrons. The van der Waals surface area contributed by atoms with Crippen LogP contribution in [0.4, 0.5) is 4.39 Å². The van der Waals surface area contributed by atoms with E-state index in [4.69, 9.17) is 14.1 Å². The van der Waals surface area contributed by atoms with E-state index in [1.165, 1.54) is 10.4 Å². The molecule has 2 heterocycles. The van der Waals surface area contributed by atoms with Crippen molar-refractivity contribution in [1.82, 2.24) is 14.6 Å². The van der Waals surface area contributed by atoms with Crippen LogP contribution in [0.2, 0.25) is 0 Å². The highest BCUT2D eigenvalue weighted by atomic mass is 32.2. The Morgan fingerprint density at radius 1 is 1.20 bits per heavy atom. The van der Waals surface area contributed by atoms with Gasteiger partial charge in [0.25, 0.3) is 5.91 Å². The van der Waals surface area contributed by atoms with Crippen LogP contribution in [-0.4, -0.2) is 37.6 Å². The van der Waals surface area contributed by atoms with Gasteiger partial charge in [0.2, 0.25) is 17.0 Å². The number of para-hydroxylation sites is 1. The lowest BCUT2D eigenvalue weighted by Crippen LogP contribution is -2.27. The summed E-state index contributed by atoms with van der Waals surface area (Å²) in [6, 6.07) is 15.0. The summed E-state index contributed by atoms with van der Waals surface area (Å²) in [7, 11) is 1.56. The van der Waals surface area contributed by atoms with Crippen LogP contribution in [0.25, 0.3) is 22.4 Å². The van der Waals surface area contributed by atoms with Crippen LogP contribution in [0.1, 0.15) is 66.6 Å². The smallest absolute Gasteiger partial charge is 0.255 e. The molecule has 2 aromatic heterocycles. The zero-order valence-corrected chi connectivity index (χ0v) is 23.3. The minimum atomic E-state index is -2.14. The first kappa shape index (κ1) is 27.9. The predicted molar refractivity (Wildman–Crippen MR) is 152 cm³/mol. The van der Waals surface area contributed by atoms with Crippen LogP contribution in [0.15, 0.2) is 59.0 Å². The maximum atomic E-state index is 14.0. The predicted octanol–water partition coefficient (Wildman–Crippen LogP) is 6.79. The second-order valence-electron chi connectivity index (χ2n) is 9.89. The van der Waals surface area contributed by atoms with E-state index in [1.54, 1.807) is 49.5 Å². The van der Waals surface area contributed by atoms with Crippen LogP contribution in [0.5, 0.6) is 11.5 Å². The SMILES string of the molecule is CCCCCN(Cc1nc2oc(-c3ccc(Oc4ccccc4F)cc3)c(C(=O)NC)c2cc1C1CC1)S(=O)O. The molecule has 10 heteroatoms. The average Bonchev–Trinajstić information content (AvgIpc) is 3.73. The summed E-state index contributed by atoms with van der Waals surface area (Å²) < 4.78 is 49.4. The maximum absolute atomic E-state index is 14.0. The number of carbonyl (C=O) groups excluding carboxylic acids is 1. The molecule has 2 N–H and O–H groups in total. The van der Waals surface area contributed by atoms with E-state index in [2.05, 4.69) is 12.2 Å². The van der Waals surface area contributed by atoms with E-state index in [1.807, 2.05) is 6.07 Å². The van der Waals surface area contributed by atoms with Gasteiger partial charge < -0.3 is 14.5 Å². The molecule has 1 aliphatic carbocycles. The zero-order chi connectivity index (χ0) is 28.2. The Hall–Kier alpha value is -3.60. The molecule has 1 atom stereocenters. The number of nitrogens with zero attached hydrogens (tertiary/aromatic N) is 2. The number of unbranched alkanes of at least 4 members (excludes halogenated alkanes) is 2. The number of hydrogen-bond acceptors (Lipinski definition) is 5. The summed E-state index contributed by atoms with van der Waals surface area (Å²) in [5.41, 5.74) is 2.95. The second kappa shape index (κ2) is 12.3. The van der Waals surface area contributed by atoms with Crippen molar-refractivity contribution in [2.24, 2.45) is 0 Å². The normalized spacial score (nSPS) is 14.0. The fourth-order valence-corrected chi connectivity index (χ4v) is 5.27. The number of aromatic nitrogens is 1. The van der Waals surface area contributed by atoms with Crippen LogP contribution in [0.3, 0.4) is 0 Å². The number of ether oxygens (including phenoxy) is 1. The monoisotopic (exact) mass is 565 g/mol. The van der Waals surface area contributed by atoms with Crippen molar-refractivity contribution in [3.63, 3.8) is 0 Å². The first-order chi connectivity index (χ1) is 19.4. The Morgan fingerprint density at radius 3 is 2.60 bits per heavy atom. The standard InChI is InChI=1S/C30H32FN3O5S/c1-3-4-7-16-34(40(36)37)18-25-22(19-10-11-19)17-23-27(29(35)32-2)28(39-30(23)33-25)20-12-14-21(15-13-20)38-26-9-6-5-8-24(26)31/h5-6,8-9,12-15,17,19H,3-4,7,10-11,16,18H2,1-2H3,(H,32,35)(H,36,37). The summed E-state index contributed by atoms with van der Waals surface area (Å²) in [5, 5.41) is 3.29. The minimum Gasteiger partial charge on any atom is -0.454 e.